The molecule has 27 heavy (non-hydrogen) atoms. The van der Waals surface area contributed by atoms with Crippen molar-refractivity contribution in [2.75, 3.05) is 29.1 Å². The fourth-order valence-corrected chi connectivity index (χ4v) is 4.18. The van der Waals surface area contributed by atoms with Crippen LogP contribution in [0.5, 0.6) is 0 Å². The fraction of sp³-hybridized carbons (Fsp3) is 0.421. The second kappa shape index (κ2) is 8.89. The molecule has 0 spiro atoms. The Bertz CT molecular complexity index is 812. The third kappa shape index (κ3) is 5.56. The van der Waals surface area contributed by atoms with Crippen LogP contribution in [-0.4, -0.2) is 34.7 Å². The van der Waals surface area contributed by atoms with Gasteiger partial charge < -0.3 is 10.2 Å². The number of amides is 1. The molecule has 1 aliphatic rings. The summed E-state index contributed by atoms with van der Waals surface area (Å²) in [5.74, 6) is 1.64. The number of nitrogens with one attached hydrogen (secondary N) is 1. The first-order chi connectivity index (χ1) is 12.9. The average molecular weight is 409 g/mol. The molecular weight excluding hydrogens is 387 g/mol. The molecule has 1 amide bonds. The van der Waals surface area contributed by atoms with Gasteiger partial charge in [0, 0.05) is 24.8 Å². The number of hydrogen-bond acceptors (Lipinski definition) is 5. The highest BCUT2D eigenvalue weighted by Gasteiger charge is 2.23. The minimum absolute atomic E-state index is 0.0223. The van der Waals surface area contributed by atoms with Crippen LogP contribution in [0, 0.1) is 17.7 Å². The summed E-state index contributed by atoms with van der Waals surface area (Å²) >= 11 is 7.07. The number of hydrogen-bond donors (Lipinski definition) is 1. The lowest BCUT2D eigenvalue weighted by molar-refractivity contribution is -0.113. The summed E-state index contributed by atoms with van der Waals surface area (Å²) in [6.07, 6.45) is 2.77. The van der Waals surface area contributed by atoms with E-state index in [0.717, 1.165) is 23.9 Å². The standard InChI is InChI=1S/C19H22ClFN4OS/c1-12-5-13(2)9-25(8-12)17-7-19(23-11-22-17)27-10-18(26)24-14-3-4-16(21)15(20)6-14/h3-4,6-7,11-13H,5,8-10H2,1-2H3,(H,24,26). The second-order valence-electron chi connectivity index (χ2n) is 7.03. The van der Waals surface area contributed by atoms with Crippen molar-refractivity contribution >= 4 is 40.8 Å². The van der Waals surface area contributed by atoms with Gasteiger partial charge in [0.15, 0.2) is 0 Å². The van der Waals surface area contributed by atoms with Crippen molar-refractivity contribution in [1.29, 1.82) is 0 Å². The van der Waals surface area contributed by atoms with Gasteiger partial charge in [-0.3, -0.25) is 4.79 Å². The van der Waals surface area contributed by atoms with Crippen LogP contribution < -0.4 is 10.2 Å². The molecule has 1 N–H and O–H groups in total. The van der Waals surface area contributed by atoms with Crippen molar-refractivity contribution in [3.05, 3.63) is 41.4 Å². The molecule has 144 valence electrons. The van der Waals surface area contributed by atoms with Gasteiger partial charge in [-0.15, -0.1) is 0 Å². The van der Waals surface area contributed by atoms with Gasteiger partial charge >= 0.3 is 0 Å². The van der Waals surface area contributed by atoms with Gasteiger partial charge in [0.05, 0.1) is 10.8 Å². The van der Waals surface area contributed by atoms with Crippen LogP contribution in [0.3, 0.4) is 0 Å². The summed E-state index contributed by atoms with van der Waals surface area (Å²) < 4.78 is 13.2. The lowest BCUT2D eigenvalue weighted by Gasteiger charge is -2.35. The molecule has 8 heteroatoms. The largest absolute Gasteiger partial charge is 0.356 e. The number of carbonyl (C=O) groups excluding carboxylic acids is 1. The maximum Gasteiger partial charge on any atom is 0.234 e. The summed E-state index contributed by atoms with van der Waals surface area (Å²) in [4.78, 5) is 23.1. The molecule has 1 fully saturated rings. The second-order valence-corrected chi connectivity index (χ2v) is 8.43. The number of rotatable bonds is 5. The number of carbonyl (C=O) groups is 1. The van der Waals surface area contributed by atoms with Crippen molar-refractivity contribution in [3.8, 4) is 0 Å². The fourth-order valence-electron chi connectivity index (χ4n) is 3.34. The Kier molecular flexibility index (Phi) is 6.55. The van der Waals surface area contributed by atoms with Gasteiger partial charge in [0.2, 0.25) is 5.91 Å². The third-order valence-electron chi connectivity index (χ3n) is 4.37. The van der Waals surface area contributed by atoms with Gasteiger partial charge in [-0.2, -0.15) is 0 Å². The monoisotopic (exact) mass is 408 g/mol. The van der Waals surface area contributed by atoms with Gasteiger partial charge in [-0.05, 0) is 36.5 Å². The number of halogens is 2. The van der Waals surface area contributed by atoms with Crippen molar-refractivity contribution in [2.24, 2.45) is 11.8 Å². The Labute approximate surface area is 167 Å². The summed E-state index contributed by atoms with van der Waals surface area (Å²) in [7, 11) is 0. The van der Waals surface area contributed by atoms with Crippen molar-refractivity contribution in [1.82, 2.24) is 9.97 Å². The van der Waals surface area contributed by atoms with Gasteiger partial charge in [0.1, 0.15) is 23.0 Å². The van der Waals surface area contributed by atoms with E-state index >= 15 is 0 Å². The van der Waals surface area contributed by atoms with Crippen molar-refractivity contribution < 1.29 is 9.18 Å². The van der Waals surface area contributed by atoms with Crippen LogP contribution in [0.4, 0.5) is 15.9 Å². The SMILES string of the molecule is CC1CC(C)CN(c2cc(SCC(=O)Nc3ccc(F)c(Cl)c3)ncn2)C1. The number of thioether (sulfide) groups is 1. The van der Waals surface area contributed by atoms with E-state index in [4.69, 9.17) is 11.6 Å². The smallest absolute Gasteiger partial charge is 0.234 e. The van der Waals surface area contributed by atoms with E-state index < -0.39 is 5.82 Å². The van der Waals surface area contributed by atoms with Crippen LogP contribution >= 0.6 is 23.4 Å². The topological polar surface area (TPSA) is 58.1 Å². The van der Waals surface area contributed by atoms with E-state index in [2.05, 4.69) is 34.0 Å². The Hall–Kier alpha value is -1.86. The van der Waals surface area contributed by atoms with Crippen LogP contribution in [0.1, 0.15) is 20.3 Å². The number of aromatic nitrogens is 2. The number of nitrogens with zero attached hydrogens (tertiary/aromatic N) is 3. The Morgan fingerprint density at radius 1 is 1.30 bits per heavy atom. The zero-order valence-corrected chi connectivity index (χ0v) is 16.9. The van der Waals surface area contributed by atoms with E-state index in [0.29, 0.717) is 17.5 Å². The third-order valence-corrected chi connectivity index (χ3v) is 5.59. The normalized spacial score (nSPS) is 19.8. The van der Waals surface area contributed by atoms with E-state index in [-0.39, 0.29) is 16.7 Å². The molecule has 2 unspecified atom stereocenters. The zero-order valence-electron chi connectivity index (χ0n) is 15.3. The number of anilines is 2. The summed E-state index contributed by atoms with van der Waals surface area (Å²) in [6, 6.07) is 6.02. The molecule has 2 aromatic rings. The first-order valence-electron chi connectivity index (χ1n) is 8.85. The van der Waals surface area contributed by atoms with Crippen molar-refractivity contribution in [3.63, 3.8) is 0 Å². The summed E-state index contributed by atoms with van der Waals surface area (Å²) in [5, 5.41) is 3.43. The van der Waals surface area contributed by atoms with E-state index in [1.807, 2.05) is 6.07 Å². The summed E-state index contributed by atoms with van der Waals surface area (Å²) in [5.41, 5.74) is 0.465. The number of benzene rings is 1. The highest BCUT2D eigenvalue weighted by molar-refractivity contribution is 7.99. The molecule has 2 heterocycles. The first kappa shape index (κ1) is 19.9. The maximum absolute atomic E-state index is 13.2. The molecule has 0 radical (unpaired) electrons. The molecule has 1 aromatic carbocycles. The van der Waals surface area contributed by atoms with Gasteiger partial charge in [0.25, 0.3) is 0 Å². The zero-order chi connectivity index (χ0) is 19.4. The van der Waals surface area contributed by atoms with E-state index in [1.165, 1.54) is 36.4 Å². The highest BCUT2D eigenvalue weighted by atomic mass is 35.5. The Morgan fingerprint density at radius 3 is 2.74 bits per heavy atom. The van der Waals surface area contributed by atoms with Crippen LogP contribution in [0.25, 0.3) is 0 Å². The maximum atomic E-state index is 13.2. The lowest BCUT2D eigenvalue weighted by atomic mass is 9.92. The predicted octanol–water partition coefficient (Wildman–Crippen LogP) is 4.48. The lowest BCUT2D eigenvalue weighted by Crippen LogP contribution is -2.39. The molecule has 1 aromatic heterocycles. The van der Waals surface area contributed by atoms with Crippen LogP contribution in [0.15, 0.2) is 35.6 Å². The first-order valence-corrected chi connectivity index (χ1v) is 10.2. The molecule has 1 saturated heterocycles. The molecule has 2 atom stereocenters. The number of piperidine rings is 1. The Morgan fingerprint density at radius 2 is 2.04 bits per heavy atom. The quantitative estimate of drug-likeness (QED) is 0.583. The predicted molar refractivity (Wildman–Crippen MR) is 108 cm³/mol. The van der Waals surface area contributed by atoms with Crippen LogP contribution in [-0.2, 0) is 4.79 Å². The molecule has 5 nitrogen and oxygen atoms in total. The minimum Gasteiger partial charge on any atom is -0.356 e. The van der Waals surface area contributed by atoms with E-state index in [9.17, 15) is 9.18 Å². The molecule has 3 rings (SSSR count). The highest BCUT2D eigenvalue weighted by Crippen LogP contribution is 2.27. The summed E-state index contributed by atoms with van der Waals surface area (Å²) in [6.45, 7) is 6.48. The van der Waals surface area contributed by atoms with Crippen LogP contribution in [0.2, 0.25) is 5.02 Å². The molecule has 0 bridgehead atoms. The van der Waals surface area contributed by atoms with Gasteiger partial charge in [-0.1, -0.05) is 37.2 Å². The van der Waals surface area contributed by atoms with Crippen molar-refractivity contribution in [2.45, 2.75) is 25.3 Å². The molecule has 0 aliphatic carbocycles. The van der Waals surface area contributed by atoms with E-state index in [1.54, 1.807) is 6.33 Å². The minimum atomic E-state index is -0.515. The van der Waals surface area contributed by atoms with Gasteiger partial charge in [-0.25, -0.2) is 14.4 Å². The Balaban J connectivity index is 1.57. The average Bonchev–Trinajstić information content (AvgIpc) is 2.62. The molecular formula is C19H22ClFN4OS. The molecule has 1 aliphatic heterocycles. The molecule has 0 saturated carbocycles.